The molecule has 0 bridgehead atoms. The van der Waals surface area contributed by atoms with Crippen molar-refractivity contribution in [2.45, 2.75) is 32.7 Å². The zero-order valence-electron chi connectivity index (χ0n) is 14.9. The third-order valence-corrected chi connectivity index (χ3v) is 4.79. The Bertz CT molecular complexity index is 728. The lowest BCUT2D eigenvalue weighted by molar-refractivity contribution is -0.136. The lowest BCUT2D eigenvalue weighted by atomic mass is 10.0. The van der Waals surface area contributed by atoms with Gasteiger partial charge in [-0.25, -0.2) is 4.39 Å². The van der Waals surface area contributed by atoms with Crippen LogP contribution in [0, 0.1) is 12.7 Å². The van der Waals surface area contributed by atoms with Crippen LogP contribution in [0.1, 0.15) is 36.3 Å². The second-order valence-electron chi connectivity index (χ2n) is 6.86. The number of halogens is 1. The maximum Gasteiger partial charge on any atom is 0.237 e. The highest BCUT2D eigenvalue weighted by Crippen LogP contribution is 2.22. The van der Waals surface area contributed by atoms with Gasteiger partial charge in [-0.1, -0.05) is 19.1 Å². The molecule has 5 heteroatoms. The van der Waals surface area contributed by atoms with Gasteiger partial charge in [0.15, 0.2) is 0 Å². The number of rotatable bonds is 6. The molecular weight excluding hydrogens is 319 g/mol. The Hall–Kier alpha value is -2.14. The molecule has 2 aromatic rings. The molecule has 1 fully saturated rings. The first-order chi connectivity index (χ1) is 12.0. The van der Waals surface area contributed by atoms with Crippen LogP contribution in [0.2, 0.25) is 0 Å². The van der Waals surface area contributed by atoms with E-state index in [0.29, 0.717) is 25.6 Å². The first-order valence-corrected chi connectivity index (χ1v) is 8.82. The smallest absolute Gasteiger partial charge is 0.237 e. The first-order valence-electron chi connectivity index (χ1n) is 8.82. The molecule has 3 rings (SSSR count). The molecule has 0 aliphatic carbocycles. The fourth-order valence-electron chi connectivity index (χ4n) is 3.21. The van der Waals surface area contributed by atoms with Crippen LogP contribution in [0.15, 0.2) is 40.8 Å². The second kappa shape index (κ2) is 7.83. The minimum atomic E-state index is -0.259. The lowest BCUT2D eigenvalue weighted by Gasteiger charge is -2.34. The molecule has 0 N–H and O–H groups in total. The van der Waals surface area contributed by atoms with E-state index >= 15 is 0 Å². The summed E-state index contributed by atoms with van der Waals surface area (Å²) in [6.07, 6.45) is 0.962. The average Bonchev–Trinajstić information content (AvgIpc) is 3.01. The number of benzene rings is 1. The van der Waals surface area contributed by atoms with Crippen molar-refractivity contribution in [2.75, 3.05) is 26.2 Å². The molecule has 134 valence electrons. The van der Waals surface area contributed by atoms with Crippen LogP contribution in [0.25, 0.3) is 0 Å². The molecule has 1 aliphatic heterocycles. The Labute approximate surface area is 148 Å². The highest BCUT2D eigenvalue weighted by Gasteiger charge is 2.24. The summed E-state index contributed by atoms with van der Waals surface area (Å²) in [7, 11) is 0. The van der Waals surface area contributed by atoms with Crippen LogP contribution >= 0.6 is 0 Å². The van der Waals surface area contributed by atoms with Crippen molar-refractivity contribution in [1.29, 1.82) is 0 Å². The first kappa shape index (κ1) is 17.7. The van der Waals surface area contributed by atoms with E-state index in [1.54, 1.807) is 6.07 Å². The van der Waals surface area contributed by atoms with Crippen molar-refractivity contribution in [2.24, 2.45) is 0 Å². The van der Waals surface area contributed by atoms with Crippen molar-refractivity contribution in [3.63, 3.8) is 0 Å². The molecule has 25 heavy (non-hydrogen) atoms. The third-order valence-electron chi connectivity index (χ3n) is 4.79. The Kier molecular flexibility index (Phi) is 5.53. The maximum atomic E-state index is 13.3. The molecule has 0 spiro atoms. The summed E-state index contributed by atoms with van der Waals surface area (Å²) in [5, 5.41) is 0. The van der Waals surface area contributed by atoms with Crippen LogP contribution in [0.5, 0.6) is 0 Å². The van der Waals surface area contributed by atoms with E-state index in [9.17, 15) is 9.18 Å². The van der Waals surface area contributed by atoms with Gasteiger partial charge < -0.3 is 9.32 Å². The third kappa shape index (κ3) is 4.69. The molecule has 1 saturated heterocycles. The quantitative estimate of drug-likeness (QED) is 0.804. The molecule has 4 nitrogen and oxygen atoms in total. The number of nitrogens with zero attached hydrogens (tertiary/aromatic N) is 2. The van der Waals surface area contributed by atoms with Crippen LogP contribution in [-0.4, -0.2) is 41.9 Å². The van der Waals surface area contributed by atoms with Crippen LogP contribution < -0.4 is 0 Å². The zero-order chi connectivity index (χ0) is 17.8. The second-order valence-corrected chi connectivity index (χ2v) is 6.86. The van der Waals surface area contributed by atoms with Gasteiger partial charge in [0.1, 0.15) is 17.3 Å². The molecule has 2 heterocycles. The fraction of sp³-hybridized carbons (Fsp3) is 0.450. The number of carbonyl (C=O) groups excluding carboxylic acids is 1. The van der Waals surface area contributed by atoms with Crippen molar-refractivity contribution in [1.82, 2.24) is 9.80 Å². The number of aryl methyl sites for hydroxylation is 1. The lowest BCUT2D eigenvalue weighted by Crippen LogP contribution is -2.50. The van der Waals surface area contributed by atoms with Crippen molar-refractivity contribution in [3.8, 4) is 0 Å². The predicted octanol–water partition coefficient (Wildman–Crippen LogP) is 3.57. The van der Waals surface area contributed by atoms with E-state index < -0.39 is 0 Å². The normalized spacial score (nSPS) is 17.1. The van der Waals surface area contributed by atoms with E-state index in [-0.39, 0.29) is 11.7 Å². The zero-order valence-corrected chi connectivity index (χ0v) is 14.9. The standard InChI is InChI=1S/C20H25FN2O2/c1-15(19-7-6-16(2)25-19)8-9-22-10-11-23(20(24)14-22)13-17-4-3-5-18(21)12-17/h3-7,12,15H,8-11,13-14H2,1-2H3/t15-/m1/s1. The Morgan fingerprint density at radius 3 is 2.76 bits per heavy atom. The van der Waals surface area contributed by atoms with Gasteiger partial charge in [-0.05, 0) is 49.7 Å². The van der Waals surface area contributed by atoms with Crippen LogP contribution in [0.3, 0.4) is 0 Å². The number of amides is 1. The molecule has 1 aliphatic rings. The largest absolute Gasteiger partial charge is 0.466 e. The van der Waals surface area contributed by atoms with E-state index in [1.165, 1.54) is 12.1 Å². The van der Waals surface area contributed by atoms with Gasteiger partial charge in [0, 0.05) is 25.6 Å². The van der Waals surface area contributed by atoms with E-state index in [4.69, 9.17) is 4.42 Å². The van der Waals surface area contributed by atoms with Crippen LogP contribution in [-0.2, 0) is 11.3 Å². The minimum absolute atomic E-state index is 0.108. The summed E-state index contributed by atoms with van der Waals surface area (Å²) >= 11 is 0. The topological polar surface area (TPSA) is 36.7 Å². The van der Waals surface area contributed by atoms with E-state index in [0.717, 1.165) is 36.6 Å². The van der Waals surface area contributed by atoms with Gasteiger partial charge in [-0.2, -0.15) is 0 Å². The van der Waals surface area contributed by atoms with Gasteiger partial charge >= 0.3 is 0 Å². The number of carbonyl (C=O) groups is 1. The highest BCUT2D eigenvalue weighted by atomic mass is 19.1. The number of furan rings is 1. The number of hydrogen-bond acceptors (Lipinski definition) is 3. The summed E-state index contributed by atoms with van der Waals surface area (Å²) in [4.78, 5) is 16.4. The van der Waals surface area contributed by atoms with Crippen LogP contribution in [0.4, 0.5) is 4.39 Å². The predicted molar refractivity (Wildman–Crippen MR) is 94.7 cm³/mol. The summed E-state index contributed by atoms with van der Waals surface area (Å²) in [6.45, 7) is 7.42. The van der Waals surface area contributed by atoms with E-state index in [2.05, 4.69) is 11.8 Å². The van der Waals surface area contributed by atoms with Crippen molar-refractivity contribution in [3.05, 3.63) is 59.3 Å². The molecular formula is C20H25FN2O2. The van der Waals surface area contributed by atoms with Gasteiger partial charge in [-0.15, -0.1) is 0 Å². The molecule has 0 radical (unpaired) electrons. The summed E-state index contributed by atoms with van der Waals surface area (Å²) < 4.78 is 19.0. The fourth-order valence-corrected chi connectivity index (χ4v) is 3.21. The average molecular weight is 344 g/mol. The minimum Gasteiger partial charge on any atom is -0.466 e. The summed E-state index contributed by atoms with van der Waals surface area (Å²) in [5.41, 5.74) is 0.837. The Morgan fingerprint density at radius 1 is 1.24 bits per heavy atom. The summed E-state index contributed by atoms with van der Waals surface area (Å²) in [6, 6.07) is 10.5. The van der Waals surface area contributed by atoms with Gasteiger partial charge in [0.25, 0.3) is 0 Å². The number of piperazine rings is 1. The molecule has 0 saturated carbocycles. The molecule has 1 aromatic carbocycles. The van der Waals surface area contributed by atoms with E-state index in [1.807, 2.05) is 30.0 Å². The number of hydrogen-bond donors (Lipinski definition) is 0. The Balaban J connectivity index is 1.47. The molecule has 1 aromatic heterocycles. The molecule has 1 amide bonds. The summed E-state index contributed by atoms with van der Waals surface area (Å²) in [5.74, 6) is 2.13. The monoisotopic (exact) mass is 344 g/mol. The SMILES string of the molecule is Cc1ccc([C@H](C)CCN2CCN(Cc3cccc(F)c3)C(=O)C2)o1. The van der Waals surface area contributed by atoms with Gasteiger partial charge in [-0.3, -0.25) is 9.69 Å². The molecule has 1 atom stereocenters. The van der Waals surface area contributed by atoms with Crippen molar-refractivity contribution >= 4 is 5.91 Å². The van der Waals surface area contributed by atoms with Gasteiger partial charge in [0.05, 0.1) is 6.54 Å². The molecule has 0 unspecified atom stereocenters. The maximum absolute atomic E-state index is 13.3. The van der Waals surface area contributed by atoms with Gasteiger partial charge in [0.2, 0.25) is 5.91 Å². The van der Waals surface area contributed by atoms with Crippen molar-refractivity contribution < 1.29 is 13.6 Å². The Morgan fingerprint density at radius 2 is 2.08 bits per heavy atom. The highest BCUT2D eigenvalue weighted by molar-refractivity contribution is 5.79.